The molecule has 17 heavy (non-hydrogen) atoms. The minimum Gasteiger partial charge on any atom is -0.497 e. The van der Waals surface area contributed by atoms with Crippen molar-refractivity contribution >= 4 is 12.6 Å². The fourth-order valence-electron chi connectivity index (χ4n) is 1.56. The van der Waals surface area contributed by atoms with Gasteiger partial charge in [0.1, 0.15) is 11.6 Å². The lowest BCUT2D eigenvalue weighted by molar-refractivity contribution is 0.414. The number of aromatic nitrogens is 2. The number of rotatable bonds is 2. The third-order valence-electron chi connectivity index (χ3n) is 2.45. The van der Waals surface area contributed by atoms with E-state index in [4.69, 9.17) is 4.74 Å². The van der Waals surface area contributed by atoms with Crippen molar-refractivity contribution in [3.05, 3.63) is 46.6 Å². The monoisotopic (exact) mass is 248 g/mol. The zero-order valence-corrected chi connectivity index (χ0v) is 10.4. The van der Waals surface area contributed by atoms with Gasteiger partial charge >= 0.3 is 0 Å². The summed E-state index contributed by atoms with van der Waals surface area (Å²) in [6.07, 6.45) is 1.46. The Morgan fingerprint density at radius 2 is 1.94 bits per heavy atom. The molecule has 0 spiro atoms. The van der Waals surface area contributed by atoms with E-state index in [1.807, 2.05) is 12.1 Å². The molecule has 88 valence electrons. The van der Waals surface area contributed by atoms with Gasteiger partial charge in [0.05, 0.1) is 17.7 Å². The third-order valence-corrected chi connectivity index (χ3v) is 2.76. The molecular weight excluding hydrogens is 236 g/mol. The maximum Gasteiger partial charge on any atom is 0.271 e. The first-order valence-corrected chi connectivity index (χ1v) is 5.50. The molecule has 5 heteroatoms. The molecular formula is C12H12N2O2S. The lowest BCUT2D eigenvalue weighted by Crippen LogP contribution is -2.22. The molecule has 0 saturated heterocycles. The SMILES string of the molecule is COc1ccc(-n2c(C)ncc(S)c2=O)cc1. The first-order valence-electron chi connectivity index (χ1n) is 5.05. The Hall–Kier alpha value is -1.75. The summed E-state index contributed by atoms with van der Waals surface area (Å²) in [7, 11) is 1.60. The second-order valence-corrected chi connectivity index (χ2v) is 4.01. The lowest BCUT2D eigenvalue weighted by atomic mass is 10.3. The standard InChI is InChI=1S/C12H12N2O2S/c1-8-13-7-11(17)12(15)14(8)9-3-5-10(16-2)6-4-9/h3-7,17H,1-2H3. The van der Waals surface area contributed by atoms with E-state index in [1.54, 1.807) is 26.2 Å². The molecule has 0 aliphatic carbocycles. The molecule has 0 fully saturated rings. The topological polar surface area (TPSA) is 44.1 Å². The van der Waals surface area contributed by atoms with Crippen molar-refractivity contribution in [2.24, 2.45) is 0 Å². The van der Waals surface area contributed by atoms with Crippen LogP contribution >= 0.6 is 12.6 Å². The lowest BCUT2D eigenvalue weighted by Gasteiger charge is -2.10. The van der Waals surface area contributed by atoms with Gasteiger partial charge in [-0.05, 0) is 31.2 Å². The van der Waals surface area contributed by atoms with Crippen molar-refractivity contribution in [1.82, 2.24) is 9.55 Å². The van der Waals surface area contributed by atoms with E-state index >= 15 is 0 Å². The van der Waals surface area contributed by atoms with Crippen LogP contribution in [-0.2, 0) is 0 Å². The molecule has 0 radical (unpaired) electrons. The molecule has 0 aliphatic heterocycles. The molecule has 1 aromatic carbocycles. The normalized spacial score (nSPS) is 10.3. The molecule has 1 aromatic heterocycles. The Bertz CT molecular complexity index is 590. The minimum atomic E-state index is -0.175. The molecule has 0 amide bonds. The number of aryl methyl sites for hydroxylation is 1. The highest BCUT2D eigenvalue weighted by molar-refractivity contribution is 7.80. The van der Waals surface area contributed by atoms with Gasteiger partial charge in [0.25, 0.3) is 5.56 Å². The highest BCUT2D eigenvalue weighted by atomic mass is 32.1. The van der Waals surface area contributed by atoms with Crippen LogP contribution in [0.3, 0.4) is 0 Å². The molecule has 0 saturated carbocycles. The molecule has 0 N–H and O–H groups in total. The number of ether oxygens (including phenoxy) is 1. The van der Waals surface area contributed by atoms with Gasteiger partial charge in [0.15, 0.2) is 0 Å². The van der Waals surface area contributed by atoms with Crippen LogP contribution in [0, 0.1) is 6.92 Å². The van der Waals surface area contributed by atoms with Crippen molar-refractivity contribution in [1.29, 1.82) is 0 Å². The average molecular weight is 248 g/mol. The van der Waals surface area contributed by atoms with Crippen molar-refractivity contribution in [3.63, 3.8) is 0 Å². The molecule has 0 atom stereocenters. The van der Waals surface area contributed by atoms with Crippen LogP contribution in [0.25, 0.3) is 5.69 Å². The van der Waals surface area contributed by atoms with Gasteiger partial charge < -0.3 is 4.74 Å². The summed E-state index contributed by atoms with van der Waals surface area (Å²) in [6.45, 7) is 1.78. The maximum absolute atomic E-state index is 12.0. The number of methoxy groups -OCH3 is 1. The molecule has 0 aliphatic rings. The van der Waals surface area contributed by atoms with Crippen LogP contribution in [-0.4, -0.2) is 16.7 Å². The summed E-state index contributed by atoms with van der Waals surface area (Å²) in [6, 6.07) is 7.21. The smallest absolute Gasteiger partial charge is 0.271 e. The van der Waals surface area contributed by atoms with Crippen LogP contribution in [0.1, 0.15) is 5.82 Å². The predicted molar refractivity (Wildman–Crippen MR) is 68.4 cm³/mol. The van der Waals surface area contributed by atoms with Gasteiger partial charge in [-0.2, -0.15) is 0 Å². The van der Waals surface area contributed by atoms with Gasteiger partial charge in [-0.15, -0.1) is 12.6 Å². The second kappa shape index (κ2) is 4.63. The number of nitrogens with zero attached hydrogens (tertiary/aromatic N) is 2. The molecule has 0 unspecified atom stereocenters. The zero-order chi connectivity index (χ0) is 12.4. The number of hydrogen-bond acceptors (Lipinski definition) is 4. The molecule has 1 heterocycles. The Balaban J connectivity index is 2.60. The van der Waals surface area contributed by atoms with E-state index in [0.29, 0.717) is 10.7 Å². The Kier molecular flexibility index (Phi) is 3.19. The van der Waals surface area contributed by atoms with Crippen molar-refractivity contribution in [2.45, 2.75) is 11.8 Å². The summed E-state index contributed by atoms with van der Waals surface area (Å²) in [5, 5.41) is 0. The van der Waals surface area contributed by atoms with E-state index < -0.39 is 0 Å². The van der Waals surface area contributed by atoms with E-state index in [-0.39, 0.29) is 5.56 Å². The fraction of sp³-hybridized carbons (Fsp3) is 0.167. The van der Waals surface area contributed by atoms with Gasteiger partial charge in [0, 0.05) is 6.20 Å². The highest BCUT2D eigenvalue weighted by Gasteiger charge is 2.07. The number of benzene rings is 1. The largest absolute Gasteiger partial charge is 0.497 e. The maximum atomic E-state index is 12.0. The molecule has 4 nitrogen and oxygen atoms in total. The zero-order valence-electron chi connectivity index (χ0n) is 9.54. The van der Waals surface area contributed by atoms with E-state index in [2.05, 4.69) is 17.6 Å². The van der Waals surface area contributed by atoms with Gasteiger partial charge in [0.2, 0.25) is 0 Å². The average Bonchev–Trinajstić information content (AvgIpc) is 2.35. The molecule has 2 aromatic rings. The fourth-order valence-corrected chi connectivity index (χ4v) is 1.72. The van der Waals surface area contributed by atoms with E-state index in [9.17, 15) is 4.79 Å². The first-order chi connectivity index (χ1) is 8.13. The van der Waals surface area contributed by atoms with Crippen LogP contribution in [0.2, 0.25) is 0 Å². The summed E-state index contributed by atoms with van der Waals surface area (Å²) in [4.78, 5) is 16.4. The summed E-state index contributed by atoms with van der Waals surface area (Å²) in [5.41, 5.74) is 0.572. The van der Waals surface area contributed by atoms with Crippen LogP contribution in [0.4, 0.5) is 0 Å². The van der Waals surface area contributed by atoms with Crippen LogP contribution in [0.5, 0.6) is 5.75 Å². The molecule has 0 bridgehead atoms. The van der Waals surface area contributed by atoms with Gasteiger partial charge in [-0.1, -0.05) is 0 Å². The van der Waals surface area contributed by atoms with E-state index in [1.165, 1.54) is 10.8 Å². The first kappa shape index (κ1) is 11.7. The Morgan fingerprint density at radius 1 is 1.29 bits per heavy atom. The van der Waals surface area contributed by atoms with Crippen molar-refractivity contribution < 1.29 is 4.74 Å². The summed E-state index contributed by atoms with van der Waals surface area (Å²) in [5.74, 6) is 1.37. The van der Waals surface area contributed by atoms with Crippen LogP contribution < -0.4 is 10.3 Å². The number of hydrogen-bond donors (Lipinski definition) is 1. The van der Waals surface area contributed by atoms with Crippen molar-refractivity contribution in [2.75, 3.05) is 7.11 Å². The third kappa shape index (κ3) is 2.19. The van der Waals surface area contributed by atoms with Gasteiger partial charge in [-0.3, -0.25) is 9.36 Å². The Labute approximate surface area is 104 Å². The molecule has 2 rings (SSSR count). The second-order valence-electron chi connectivity index (χ2n) is 3.53. The Morgan fingerprint density at radius 3 is 2.53 bits per heavy atom. The van der Waals surface area contributed by atoms with Crippen molar-refractivity contribution in [3.8, 4) is 11.4 Å². The van der Waals surface area contributed by atoms with Crippen LogP contribution in [0.15, 0.2) is 40.2 Å². The quantitative estimate of drug-likeness (QED) is 0.825. The highest BCUT2D eigenvalue weighted by Crippen LogP contribution is 2.14. The minimum absolute atomic E-state index is 0.175. The predicted octanol–water partition coefficient (Wildman–Crippen LogP) is 1.84. The van der Waals surface area contributed by atoms with E-state index in [0.717, 1.165) is 11.4 Å². The summed E-state index contributed by atoms with van der Waals surface area (Å²) < 4.78 is 6.59. The van der Waals surface area contributed by atoms with Gasteiger partial charge in [-0.25, -0.2) is 4.98 Å². The number of thiol groups is 1. The summed E-state index contributed by atoms with van der Waals surface area (Å²) >= 11 is 4.08.